The number of hydrogen-bond donors (Lipinski definition) is 1. The molecule has 3 heterocycles. The molecule has 2 amide bonds. The Kier molecular flexibility index (Phi) is 6.45. The van der Waals surface area contributed by atoms with Crippen molar-refractivity contribution in [1.29, 1.82) is 0 Å². The number of nitrogens with zero attached hydrogens (tertiary/aromatic N) is 3. The number of likely N-dealkylation sites (tertiary alicyclic amines) is 1. The van der Waals surface area contributed by atoms with E-state index in [9.17, 15) is 14.0 Å². The van der Waals surface area contributed by atoms with Crippen LogP contribution in [0.4, 0.5) is 10.1 Å². The summed E-state index contributed by atoms with van der Waals surface area (Å²) in [6.45, 7) is 7.58. The summed E-state index contributed by atoms with van der Waals surface area (Å²) in [4.78, 5) is 30.5. The zero-order valence-electron chi connectivity index (χ0n) is 17.0. The molecule has 0 aromatic heterocycles. The van der Waals surface area contributed by atoms with Crippen LogP contribution in [-0.2, 0) is 9.59 Å². The van der Waals surface area contributed by atoms with E-state index in [2.05, 4.69) is 32.1 Å². The topological polar surface area (TPSA) is 55.9 Å². The zero-order chi connectivity index (χ0) is 20.2. The number of amides is 2. The van der Waals surface area contributed by atoms with E-state index < -0.39 is 6.17 Å². The maximum absolute atomic E-state index is 13.5. The van der Waals surface area contributed by atoms with Crippen LogP contribution in [0.3, 0.4) is 0 Å². The van der Waals surface area contributed by atoms with Crippen molar-refractivity contribution in [2.75, 3.05) is 57.3 Å². The standard InChI is InChI=1S/C22H31FN4O2/c23-18-2-1-9-26(16-18)11-10-25-12-14-27(15-13-25)19-5-3-17(4-6-19)20-7-8-21(28)24-22(20)29/h3-6,18,20H,1-2,7-16H2,(H,24,28,29). The third-order valence-corrected chi connectivity index (χ3v) is 6.45. The Bertz CT molecular complexity index is 718. The second-order valence-corrected chi connectivity index (χ2v) is 8.46. The van der Waals surface area contributed by atoms with E-state index in [1.807, 2.05) is 12.1 Å². The Labute approximate surface area is 172 Å². The van der Waals surface area contributed by atoms with E-state index in [1.165, 1.54) is 5.69 Å². The van der Waals surface area contributed by atoms with E-state index in [0.717, 1.165) is 64.2 Å². The average Bonchev–Trinajstić information content (AvgIpc) is 2.73. The predicted molar refractivity (Wildman–Crippen MR) is 111 cm³/mol. The summed E-state index contributed by atoms with van der Waals surface area (Å²) >= 11 is 0. The average molecular weight is 403 g/mol. The van der Waals surface area contributed by atoms with Gasteiger partial charge < -0.3 is 4.90 Å². The molecule has 0 bridgehead atoms. The van der Waals surface area contributed by atoms with Crippen molar-refractivity contribution in [3.63, 3.8) is 0 Å². The van der Waals surface area contributed by atoms with E-state index in [1.54, 1.807) is 0 Å². The van der Waals surface area contributed by atoms with Crippen molar-refractivity contribution in [1.82, 2.24) is 15.1 Å². The third-order valence-electron chi connectivity index (χ3n) is 6.45. The number of piperidine rings is 2. The summed E-state index contributed by atoms with van der Waals surface area (Å²) in [6, 6.07) is 8.21. The minimum atomic E-state index is -0.649. The van der Waals surface area contributed by atoms with Gasteiger partial charge in [0, 0.05) is 57.9 Å². The zero-order valence-corrected chi connectivity index (χ0v) is 17.0. The molecule has 3 aliphatic heterocycles. The first-order valence-corrected chi connectivity index (χ1v) is 10.9. The molecule has 1 N–H and O–H groups in total. The third kappa shape index (κ3) is 5.14. The number of hydrogen-bond acceptors (Lipinski definition) is 5. The lowest BCUT2D eigenvalue weighted by atomic mass is 9.90. The number of nitrogens with one attached hydrogen (secondary N) is 1. The van der Waals surface area contributed by atoms with Gasteiger partial charge in [0.2, 0.25) is 11.8 Å². The molecule has 6 nitrogen and oxygen atoms in total. The monoisotopic (exact) mass is 402 g/mol. The minimum Gasteiger partial charge on any atom is -0.369 e. The maximum atomic E-state index is 13.5. The SMILES string of the molecule is O=C1CCC(c2ccc(N3CCN(CCN4CCCC(F)C4)CC3)cc2)C(=O)N1. The second-order valence-electron chi connectivity index (χ2n) is 8.46. The maximum Gasteiger partial charge on any atom is 0.234 e. The fraction of sp³-hybridized carbons (Fsp3) is 0.636. The quantitative estimate of drug-likeness (QED) is 0.761. The fourth-order valence-corrected chi connectivity index (χ4v) is 4.64. The summed E-state index contributed by atoms with van der Waals surface area (Å²) in [5.74, 6) is -0.585. The molecule has 1 aromatic carbocycles. The van der Waals surface area contributed by atoms with Crippen LogP contribution in [0.25, 0.3) is 0 Å². The van der Waals surface area contributed by atoms with Crippen LogP contribution in [0.1, 0.15) is 37.2 Å². The highest BCUT2D eigenvalue weighted by Gasteiger charge is 2.28. The largest absolute Gasteiger partial charge is 0.369 e. The lowest BCUT2D eigenvalue weighted by Gasteiger charge is -2.38. The number of carbonyl (C=O) groups excluding carboxylic acids is 2. The molecule has 4 rings (SSSR count). The van der Waals surface area contributed by atoms with E-state index in [0.29, 0.717) is 19.4 Å². The van der Waals surface area contributed by atoms with Gasteiger partial charge in [-0.15, -0.1) is 0 Å². The Morgan fingerprint density at radius 1 is 0.931 bits per heavy atom. The smallest absolute Gasteiger partial charge is 0.234 e. The van der Waals surface area contributed by atoms with E-state index in [4.69, 9.17) is 0 Å². The predicted octanol–water partition coefficient (Wildman–Crippen LogP) is 1.76. The Hall–Kier alpha value is -1.99. The molecule has 0 spiro atoms. The Balaban J connectivity index is 1.24. The number of benzene rings is 1. The van der Waals surface area contributed by atoms with Crippen molar-refractivity contribution < 1.29 is 14.0 Å². The lowest BCUT2D eigenvalue weighted by molar-refractivity contribution is -0.134. The first kappa shape index (κ1) is 20.3. The van der Waals surface area contributed by atoms with Gasteiger partial charge in [-0.3, -0.25) is 24.7 Å². The molecular weight excluding hydrogens is 371 g/mol. The highest BCUT2D eigenvalue weighted by molar-refractivity contribution is 6.00. The van der Waals surface area contributed by atoms with Crippen molar-refractivity contribution in [3.8, 4) is 0 Å². The van der Waals surface area contributed by atoms with Gasteiger partial charge in [-0.05, 0) is 43.5 Å². The Morgan fingerprint density at radius 3 is 2.34 bits per heavy atom. The highest BCUT2D eigenvalue weighted by Crippen LogP contribution is 2.27. The molecule has 3 fully saturated rings. The van der Waals surface area contributed by atoms with Gasteiger partial charge in [-0.25, -0.2) is 4.39 Å². The van der Waals surface area contributed by atoms with Crippen LogP contribution in [-0.4, -0.2) is 80.1 Å². The normalized spacial score (nSPS) is 27.1. The molecular formula is C22H31FN4O2. The van der Waals surface area contributed by atoms with Crippen LogP contribution in [0.15, 0.2) is 24.3 Å². The summed E-state index contributed by atoms with van der Waals surface area (Å²) in [6.07, 6.45) is 2.04. The summed E-state index contributed by atoms with van der Waals surface area (Å²) in [5, 5.41) is 2.43. The van der Waals surface area contributed by atoms with Crippen LogP contribution in [0.5, 0.6) is 0 Å². The number of anilines is 1. The minimum absolute atomic E-state index is 0.175. The van der Waals surface area contributed by atoms with Gasteiger partial charge in [-0.2, -0.15) is 0 Å². The van der Waals surface area contributed by atoms with E-state index >= 15 is 0 Å². The number of halogens is 1. The molecule has 3 saturated heterocycles. The van der Waals surface area contributed by atoms with Gasteiger partial charge in [0.25, 0.3) is 0 Å². The van der Waals surface area contributed by atoms with Crippen LogP contribution in [0, 0.1) is 0 Å². The second kappa shape index (κ2) is 9.22. The van der Waals surface area contributed by atoms with Gasteiger partial charge in [0.15, 0.2) is 0 Å². The molecule has 2 unspecified atom stereocenters. The molecule has 29 heavy (non-hydrogen) atoms. The van der Waals surface area contributed by atoms with Gasteiger partial charge in [0.05, 0.1) is 5.92 Å². The molecule has 2 atom stereocenters. The first-order chi connectivity index (χ1) is 14.1. The number of rotatable bonds is 5. The molecule has 0 radical (unpaired) electrons. The highest BCUT2D eigenvalue weighted by atomic mass is 19.1. The molecule has 0 saturated carbocycles. The van der Waals surface area contributed by atoms with Crippen molar-refractivity contribution in [3.05, 3.63) is 29.8 Å². The van der Waals surface area contributed by atoms with Gasteiger partial charge in [0.1, 0.15) is 6.17 Å². The van der Waals surface area contributed by atoms with Crippen LogP contribution in [0.2, 0.25) is 0 Å². The Morgan fingerprint density at radius 2 is 1.66 bits per heavy atom. The van der Waals surface area contributed by atoms with Gasteiger partial charge >= 0.3 is 0 Å². The molecule has 7 heteroatoms. The molecule has 3 aliphatic rings. The molecule has 158 valence electrons. The molecule has 0 aliphatic carbocycles. The van der Waals surface area contributed by atoms with Crippen LogP contribution < -0.4 is 10.2 Å². The van der Waals surface area contributed by atoms with Crippen molar-refractivity contribution in [2.45, 2.75) is 37.8 Å². The summed E-state index contributed by atoms with van der Waals surface area (Å²) in [5.41, 5.74) is 2.15. The number of imide groups is 1. The van der Waals surface area contributed by atoms with Gasteiger partial charge in [-0.1, -0.05) is 12.1 Å². The van der Waals surface area contributed by atoms with Crippen LogP contribution >= 0.6 is 0 Å². The lowest BCUT2D eigenvalue weighted by Crippen LogP contribution is -2.49. The van der Waals surface area contributed by atoms with Crippen molar-refractivity contribution in [2.24, 2.45) is 0 Å². The van der Waals surface area contributed by atoms with E-state index in [-0.39, 0.29) is 17.7 Å². The summed E-state index contributed by atoms with van der Waals surface area (Å²) < 4.78 is 13.5. The molecule has 1 aromatic rings. The number of carbonyl (C=O) groups is 2. The number of piperazine rings is 1. The first-order valence-electron chi connectivity index (χ1n) is 10.9. The van der Waals surface area contributed by atoms with Crippen molar-refractivity contribution >= 4 is 17.5 Å². The number of alkyl halides is 1. The fourth-order valence-electron chi connectivity index (χ4n) is 4.64. The summed E-state index contributed by atoms with van der Waals surface area (Å²) in [7, 11) is 0.